The predicted octanol–water partition coefficient (Wildman–Crippen LogP) is 2.34. The van der Waals surface area contributed by atoms with E-state index in [2.05, 4.69) is 15.7 Å². The molecule has 1 amide bonds. The monoisotopic (exact) mass is 305 g/mol. The second-order valence-electron chi connectivity index (χ2n) is 4.57. The Morgan fingerprint density at radius 3 is 2.67 bits per heavy atom. The molecule has 0 aliphatic rings. The van der Waals surface area contributed by atoms with E-state index in [4.69, 9.17) is 17.4 Å². The molecule has 0 aliphatic carbocycles. The van der Waals surface area contributed by atoms with Crippen molar-refractivity contribution in [2.75, 3.05) is 29.7 Å². The van der Waals surface area contributed by atoms with Gasteiger partial charge in [0.25, 0.3) is 5.91 Å². The number of aromatic nitrogens is 1. The van der Waals surface area contributed by atoms with Gasteiger partial charge in [0.2, 0.25) is 0 Å². The topological polar surface area (TPSA) is 83.3 Å². The number of hydrogen-bond acceptors (Lipinski definition) is 5. The first-order valence-electron chi connectivity index (χ1n) is 6.23. The quantitative estimate of drug-likeness (QED) is 0.459. The number of nitrogens with two attached hydrogens (primary N) is 1. The molecule has 2 aromatic rings. The average Bonchev–Trinajstić information content (AvgIpc) is 2.46. The maximum Gasteiger partial charge on any atom is 0.255 e. The van der Waals surface area contributed by atoms with E-state index in [1.54, 1.807) is 0 Å². The molecule has 7 heteroatoms. The minimum absolute atomic E-state index is 0.191. The molecule has 4 N–H and O–H groups in total. The van der Waals surface area contributed by atoms with E-state index in [0.717, 1.165) is 5.69 Å². The van der Waals surface area contributed by atoms with Gasteiger partial charge in [0, 0.05) is 19.7 Å². The van der Waals surface area contributed by atoms with Gasteiger partial charge in [0.1, 0.15) is 11.0 Å². The van der Waals surface area contributed by atoms with Gasteiger partial charge in [0.05, 0.1) is 11.4 Å². The van der Waals surface area contributed by atoms with Crippen LogP contribution in [-0.2, 0) is 0 Å². The van der Waals surface area contributed by atoms with Crippen LogP contribution < -0.4 is 21.5 Å². The molecule has 0 aliphatic heterocycles. The summed E-state index contributed by atoms with van der Waals surface area (Å²) in [6.07, 6.45) is 0. The lowest BCUT2D eigenvalue weighted by Gasteiger charge is -2.17. The van der Waals surface area contributed by atoms with Gasteiger partial charge in [-0.15, -0.1) is 0 Å². The third kappa shape index (κ3) is 3.62. The Balaban J connectivity index is 2.28. The number of benzene rings is 1. The van der Waals surface area contributed by atoms with Crippen LogP contribution in [0.5, 0.6) is 0 Å². The van der Waals surface area contributed by atoms with Crippen molar-refractivity contribution < 1.29 is 4.79 Å². The van der Waals surface area contributed by atoms with Crippen LogP contribution in [-0.4, -0.2) is 25.0 Å². The summed E-state index contributed by atoms with van der Waals surface area (Å²) in [5, 5.41) is 3.04. The number of hydrogen-bond donors (Lipinski definition) is 3. The molecule has 21 heavy (non-hydrogen) atoms. The van der Waals surface area contributed by atoms with E-state index in [-0.39, 0.29) is 11.1 Å². The first kappa shape index (κ1) is 15.1. The molecule has 6 nitrogen and oxygen atoms in total. The van der Waals surface area contributed by atoms with Gasteiger partial charge in [-0.3, -0.25) is 4.79 Å². The molecule has 1 heterocycles. The average molecular weight is 306 g/mol. The zero-order valence-corrected chi connectivity index (χ0v) is 12.5. The molecule has 0 saturated carbocycles. The van der Waals surface area contributed by atoms with Crippen molar-refractivity contribution in [3.63, 3.8) is 0 Å². The highest BCUT2D eigenvalue weighted by molar-refractivity contribution is 6.30. The molecule has 1 aromatic carbocycles. The molecule has 0 spiro atoms. The largest absolute Gasteiger partial charge is 0.376 e. The fraction of sp³-hybridized carbons (Fsp3) is 0.143. The number of pyridine rings is 1. The number of para-hydroxylation sites is 2. The van der Waals surface area contributed by atoms with E-state index in [0.29, 0.717) is 17.1 Å². The van der Waals surface area contributed by atoms with E-state index in [9.17, 15) is 4.79 Å². The van der Waals surface area contributed by atoms with Gasteiger partial charge in [0.15, 0.2) is 0 Å². The molecule has 0 bridgehead atoms. The van der Waals surface area contributed by atoms with Gasteiger partial charge in [-0.1, -0.05) is 23.7 Å². The van der Waals surface area contributed by atoms with Crippen LogP contribution in [0.2, 0.25) is 5.15 Å². The van der Waals surface area contributed by atoms with Crippen LogP contribution in [0.25, 0.3) is 0 Å². The molecule has 0 radical (unpaired) electrons. The summed E-state index contributed by atoms with van der Waals surface area (Å²) in [6.45, 7) is 0. The van der Waals surface area contributed by atoms with Gasteiger partial charge in [-0.2, -0.15) is 0 Å². The van der Waals surface area contributed by atoms with Crippen molar-refractivity contribution in [2.24, 2.45) is 5.84 Å². The lowest BCUT2D eigenvalue weighted by atomic mass is 10.2. The van der Waals surface area contributed by atoms with E-state index in [1.165, 1.54) is 12.1 Å². The molecular formula is C14H16ClN5O. The Morgan fingerprint density at radius 1 is 1.29 bits per heavy atom. The molecule has 110 valence electrons. The van der Waals surface area contributed by atoms with E-state index in [1.807, 2.05) is 43.3 Å². The summed E-state index contributed by atoms with van der Waals surface area (Å²) >= 11 is 5.86. The number of rotatable bonds is 4. The summed E-state index contributed by atoms with van der Waals surface area (Å²) in [7, 11) is 3.81. The van der Waals surface area contributed by atoms with Crippen LogP contribution in [0.15, 0.2) is 36.4 Å². The van der Waals surface area contributed by atoms with Crippen molar-refractivity contribution in [1.29, 1.82) is 0 Å². The van der Waals surface area contributed by atoms with E-state index < -0.39 is 0 Å². The molecule has 1 aromatic heterocycles. The number of carbonyl (C=O) groups excluding carboxylic acids is 1. The number of amides is 1. The number of nitrogens with zero attached hydrogens (tertiary/aromatic N) is 2. The Morgan fingerprint density at radius 2 is 2.00 bits per heavy atom. The Bertz CT molecular complexity index is 660. The van der Waals surface area contributed by atoms with Crippen LogP contribution in [0.3, 0.4) is 0 Å². The van der Waals surface area contributed by atoms with Crippen LogP contribution in [0.4, 0.5) is 17.2 Å². The zero-order valence-electron chi connectivity index (χ0n) is 11.7. The number of nitrogens with one attached hydrogen (secondary N) is 2. The molecule has 0 saturated heterocycles. The third-order valence-electron chi connectivity index (χ3n) is 2.84. The van der Waals surface area contributed by atoms with Crippen molar-refractivity contribution >= 4 is 34.7 Å². The first-order valence-corrected chi connectivity index (χ1v) is 6.61. The van der Waals surface area contributed by atoms with Gasteiger partial charge in [-0.25, -0.2) is 10.8 Å². The lowest BCUT2D eigenvalue weighted by Crippen LogP contribution is -2.17. The number of halogens is 1. The summed E-state index contributed by atoms with van der Waals surface area (Å²) in [5.41, 5.74) is 4.36. The molecule has 0 atom stereocenters. The van der Waals surface area contributed by atoms with Crippen LogP contribution >= 0.6 is 11.6 Å². The van der Waals surface area contributed by atoms with Crippen LogP contribution in [0.1, 0.15) is 10.4 Å². The summed E-state index contributed by atoms with van der Waals surface area (Å²) in [5.74, 6) is 5.34. The van der Waals surface area contributed by atoms with Crippen molar-refractivity contribution in [3.8, 4) is 0 Å². The molecule has 0 fully saturated rings. The van der Waals surface area contributed by atoms with Crippen molar-refractivity contribution in [3.05, 3.63) is 47.1 Å². The van der Waals surface area contributed by atoms with Gasteiger partial charge < -0.3 is 15.6 Å². The lowest BCUT2D eigenvalue weighted by molar-refractivity contribution is 0.102. The maximum absolute atomic E-state index is 12.3. The fourth-order valence-corrected chi connectivity index (χ4v) is 2.07. The fourth-order valence-electron chi connectivity index (χ4n) is 1.87. The number of anilines is 3. The maximum atomic E-state index is 12.3. The number of hydrazine groups is 1. The molecular weight excluding hydrogens is 290 g/mol. The van der Waals surface area contributed by atoms with Crippen molar-refractivity contribution in [1.82, 2.24) is 4.98 Å². The number of nitrogen functional groups attached to an aromatic ring is 1. The second kappa shape index (κ2) is 6.43. The van der Waals surface area contributed by atoms with Crippen molar-refractivity contribution in [2.45, 2.75) is 0 Å². The zero-order chi connectivity index (χ0) is 15.4. The highest BCUT2D eigenvalue weighted by atomic mass is 35.5. The minimum atomic E-state index is -0.287. The Kier molecular flexibility index (Phi) is 4.62. The predicted molar refractivity (Wildman–Crippen MR) is 85.8 cm³/mol. The van der Waals surface area contributed by atoms with Gasteiger partial charge >= 0.3 is 0 Å². The number of carbonyl (C=O) groups is 1. The summed E-state index contributed by atoms with van der Waals surface area (Å²) in [4.78, 5) is 18.2. The Hall–Kier alpha value is -2.31. The summed E-state index contributed by atoms with van der Waals surface area (Å²) in [6, 6.07) is 10.5. The minimum Gasteiger partial charge on any atom is -0.376 e. The van der Waals surface area contributed by atoms with Crippen LogP contribution in [0, 0.1) is 0 Å². The molecule has 2 rings (SSSR count). The Labute approximate surface area is 127 Å². The first-order chi connectivity index (χ1) is 10.0. The summed E-state index contributed by atoms with van der Waals surface area (Å²) < 4.78 is 0. The van der Waals surface area contributed by atoms with Gasteiger partial charge in [-0.05, 0) is 24.3 Å². The van der Waals surface area contributed by atoms with E-state index >= 15 is 0 Å². The highest BCUT2D eigenvalue weighted by Gasteiger charge is 2.12. The third-order valence-corrected chi connectivity index (χ3v) is 3.03. The SMILES string of the molecule is CN(C)c1ccccc1NC(=O)c1cc(Cl)nc(NN)c1. The second-order valence-corrected chi connectivity index (χ2v) is 4.96. The smallest absolute Gasteiger partial charge is 0.255 e. The normalized spacial score (nSPS) is 10.1. The highest BCUT2D eigenvalue weighted by Crippen LogP contribution is 2.24. The standard InChI is InChI=1S/C14H16ClN5O/c1-20(2)11-6-4-3-5-10(11)17-14(21)9-7-12(15)18-13(8-9)19-16/h3-8H,16H2,1-2H3,(H,17,21)(H,18,19). The molecule has 0 unspecified atom stereocenters.